The Morgan fingerprint density at radius 1 is 1.21 bits per heavy atom. The van der Waals surface area contributed by atoms with Crippen LogP contribution in [0.5, 0.6) is 5.75 Å². The van der Waals surface area contributed by atoms with Gasteiger partial charge in [0.05, 0.1) is 24.5 Å². The lowest BCUT2D eigenvalue weighted by molar-refractivity contribution is -0.136. The van der Waals surface area contributed by atoms with Crippen LogP contribution in [-0.4, -0.2) is 37.6 Å². The predicted octanol–water partition coefficient (Wildman–Crippen LogP) is 1.65. The molecular formula is C13H18O5S. The summed E-state index contributed by atoms with van der Waals surface area (Å²) in [5, 5.41) is 8.43. The van der Waals surface area contributed by atoms with Gasteiger partial charge in [0.2, 0.25) is 0 Å². The van der Waals surface area contributed by atoms with Crippen LogP contribution < -0.4 is 4.74 Å². The number of sulfone groups is 1. The Labute approximate surface area is 113 Å². The standard InChI is InChI=1S/C13H18O5S/c1-11-3-5-12(6-4-11)18-8-2-9-19(16,17)10-7-13(14)15/h3-6H,2,7-10H2,1H3,(H,14,15). The van der Waals surface area contributed by atoms with E-state index in [1.54, 1.807) is 0 Å². The molecule has 1 aromatic carbocycles. The summed E-state index contributed by atoms with van der Waals surface area (Å²) in [7, 11) is -3.30. The minimum Gasteiger partial charge on any atom is -0.494 e. The zero-order chi connectivity index (χ0) is 14.3. The molecule has 0 amide bonds. The van der Waals surface area contributed by atoms with E-state index in [2.05, 4.69) is 0 Å². The number of carbonyl (C=O) groups is 1. The maximum Gasteiger partial charge on any atom is 0.304 e. The van der Waals surface area contributed by atoms with Crippen LogP contribution in [0.1, 0.15) is 18.4 Å². The van der Waals surface area contributed by atoms with Crippen molar-refractivity contribution in [2.75, 3.05) is 18.1 Å². The fourth-order valence-corrected chi connectivity index (χ4v) is 2.70. The zero-order valence-corrected chi connectivity index (χ0v) is 11.6. The highest BCUT2D eigenvalue weighted by Gasteiger charge is 2.12. The molecule has 0 aliphatic heterocycles. The number of ether oxygens (including phenoxy) is 1. The van der Waals surface area contributed by atoms with E-state index in [4.69, 9.17) is 9.84 Å². The van der Waals surface area contributed by atoms with Crippen LogP contribution in [0.2, 0.25) is 0 Å². The summed E-state index contributed by atoms with van der Waals surface area (Å²) in [5.74, 6) is -0.757. The molecule has 0 saturated heterocycles. The number of carboxylic acids is 1. The van der Waals surface area contributed by atoms with E-state index < -0.39 is 15.8 Å². The van der Waals surface area contributed by atoms with Crippen molar-refractivity contribution < 1.29 is 23.1 Å². The second-order valence-corrected chi connectivity index (χ2v) is 6.61. The van der Waals surface area contributed by atoms with Crippen molar-refractivity contribution in [1.29, 1.82) is 0 Å². The number of benzene rings is 1. The van der Waals surface area contributed by atoms with E-state index in [1.807, 2.05) is 31.2 Å². The first-order valence-electron chi connectivity index (χ1n) is 6.01. The SMILES string of the molecule is Cc1ccc(OCCCS(=O)(=O)CCC(=O)O)cc1. The van der Waals surface area contributed by atoms with Gasteiger partial charge in [-0.2, -0.15) is 0 Å². The highest BCUT2D eigenvalue weighted by molar-refractivity contribution is 7.91. The fraction of sp³-hybridized carbons (Fsp3) is 0.462. The molecule has 0 unspecified atom stereocenters. The summed E-state index contributed by atoms with van der Waals surface area (Å²) in [6.45, 7) is 2.27. The molecule has 1 N–H and O–H groups in total. The maximum atomic E-state index is 11.5. The highest BCUT2D eigenvalue weighted by Crippen LogP contribution is 2.11. The van der Waals surface area contributed by atoms with E-state index in [1.165, 1.54) is 0 Å². The quantitative estimate of drug-likeness (QED) is 0.735. The second-order valence-electron chi connectivity index (χ2n) is 4.31. The summed E-state index contributed by atoms with van der Waals surface area (Å²) < 4.78 is 28.3. The van der Waals surface area contributed by atoms with E-state index >= 15 is 0 Å². The number of hydrogen-bond donors (Lipinski definition) is 1. The average molecular weight is 286 g/mol. The first-order valence-corrected chi connectivity index (χ1v) is 7.83. The third kappa shape index (κ3) is 6.81. The minimum absolute atomic E-state index is 0.0495. The molecule has 0 bridgehead atoms. The van der Waals surface area contributed by atoms with Gasteiger partial charge in [0.1, 0.15) is 5.75 Å². The number of hydrogen-bond acceptors (Lipinski definition) is 4. The smallest absolute Gasteiger partial charge is 0.304 e. The van der Waals surface area contributed by atoms with Crippen LogP contribution in [-0.2, 0) is 14.6 Å². The zero-order valence-electron chi connectivity index (χ0n) is 10.8. The molecule has 6 heteroatoms. The van der Waals surface area contributed by atoms with Crippen molar-refractivity contribution in [1.82, 2.24) is 0 Å². The Hall–Kier alpha value is -1.56. The summed E-state index contributed by atoms with van der Waals surface area (Å²) >= 11 is 0. The fourth-order valence-electron chi connectivity index (χ4n) is 1.45. The molecule has 0 atom stereocenters. The molecule has 0 radical (unpaired) electrons. The molecule has 0 fully saturated rings. The van der Waals surface area contributed by atoms with Crippen LogP contribution >= 0.6 is 0 Å². The Morgan fingerprint density at radius 2 is 1.84 bits per heavy atom. The van der Waals surface area contributed by atoms with Crippen molar-refractivity contribution in [2.24, 2.45) is 0 Å². The van der Waals surface area contributed by atoms with E-state index in [9.17, 15) is 13.2 Å². The van der Waals surface area contributed by atoms with Crippen molar-refractivity contribution in [3.05, 3.63) is 29.8 Å². The predicted molar refractivity (Wildman–Crippen MR) is 72.2 cm³/mol. The van der Waals surface area contributed by atoms with Crippen molar-refractivity contribution in [3.8, 4) is 5.75 Å². The van der Waals surface area contributed by atoms with Gasteiger partial charge in [0, 0.05) is 0 Å². The first kappa shape index (κ1) is 15.5. The normalized spacial score (nSPS) is 11.2. The summed E-state index contributed by atoms with van der Waals surface area (Å²) in [6, 6.07) is 7.49. The number of rotatable bonds is 8. The second kappa shape index (κ2) is 7.13. The maximum absolute atomic E-state index is 11.5. The number of carboxylic acid groups (broad SMARTS) is 1. The molecule has 0 aliphatic rings. The largest absolute Gasteiger partial charge is 0.494 e. The monoisotopic (exact) mass is 286 g/mol. The molecule has 106 valence electrons. The molecule has 1 rings (SSSR count). The third-order valence-electron chi connectivity index (χ3n) is 2.52. The summed E-state index contributed by atoms with van der Waals surface area (Å²) in [5.41, 5.74) is 1.13. The van der Waals surface area contributed by atoms with Gasteiger partial charge in [0.25, 0.3) is 0 Å². The topological polar surface area (TPSA) is 80.7 Å². The van der Waals surface area contributed by atoms with Gasteiger partial charge in [-0.25, -0.2) is 8.42 Å². The van der Waals surface area contributed by atoms with Gasteiger partial charge in [-0.1, -0.05) is 17.7 Å². The number of aryl methyl sites for hydroxylation is 1. The van der Waals surface area contributed by atoms with E-state index in [0.717, 1.165) is 5.56 Å². The van der Waals surface area contributed by atoms with E-state index in [-0.39, 0.29) is 17.9 Å². The lowest BCUT2D eigenvalue weighted by Gasteiger charge is -2.06. The molecule has 0 saturated carbocycles. The molecule has 0 spiro atoms. The van der Waals surface area contributed by atoms with Crippen LogP contribution in [0.15, 0.2) is 24.3 Å². The molecule has 0 heterocycles. The Balaban J connectivity index is 2.26. The van der Waals surface area contributed by atoms with Crippen LogP contribution in [0.4, 0.5) is 0 Å². The van der Waals surface area contributed by atoms with Gasteiger partial charge in [0.15, 0.2) is 9.84 Å². The first-order chi connectivity index (χ1) is 8.89. The van der Waals surface area contributed by atoms with Crippen molar-refractivity contribution in [3.63, 3.8) is 0 Å². The lowest BCUT2D eigenvalue weighted by atomic mass is 10.2. The Morgan fingerprint density at radius 3 is 2.42 bits per heavy atom. The van der Waals surface area contributed by atoms with Crippen molar-refractivity contribution >= 4 is 15.8 Å². The summed E-state index contributed by atoms with van der Waals surface area (Å²) in [4.78, 5) is 10.3. The van der Waals surface area contributed by atoms with E-state index in [0.29, 0.717) is 18.8 Å². The lowest BCUT2D eigenvalue weighted by Crippen LogP contribution is -2.16. The van der Waals surface area contributed by atoms with Gasteiger partial charge in [-0.05, 0) is 25.5 Å². The minimum atomic E-state index is -3.30. The van der Waals surface area contributed by atoms with Gasteiger partial charge < -0.3 is 9.84 Å². The molecular weight excluding hydrogens is 268 g/mol. The molecule has 19 heavy (non-hydrogen) atoms. The molecule has 5 nitrogen and oxygen atoms in total. The van der Waals surface area contributed by atoms with Crippen LogP contribution in [0.3, 0.4) is 0 Å². The van der Waals surface area contributed by atoms with Gasteiger partial charge >= 0.3 is 5.97 Å². The van der Waals surface area contributed by atoms with Gasteiger partial charge in [-0.3, -0.25) is 4.79 Å². The number of aliphatic carboxylic acids is 1. The summed E-state index contributed by atoms with van der Waals surface area (Å²) in [6.07, 6.45) is 0.0109. The average Bonchev–Trinajstić information content (AvgIpc) is 2.35. The van der Waals surface area contributed by atoms with Gasteiger partial charge in [-0.15, -0.1) is 0 Å². The Kier molecular flexibility index (Phi) is 5.82. The van der Waals surface area contributed by atoms with Crippen LogP contribution in [0.25, 0.3) is 0 Å². The van der Waals surface area contributed by atoms with Crippen LogP contribution in [0, 0.1) is 6.92 Å². The molecule has 0 aliphatic carbocycles. The highest BCUT2D eigenvalue weighted by atomic mass is 32.2. The third-order valence-corrected chi connectivity index (χ3v) is 4.25. The Bertz CT molecular complexity index is 504. The molecule has 0 aromatic heterocycles. The molecule has 1 aromatic rings. The van der Waals surface area contributed by atoms with Crippen molar-refractivity contribution in [2.45, 2.75) is 19.8 Å².